The molecule has 2 aromatic heterocycles. The van der Waals surface area contributed by atoms with Crippen LogP contribution < -0.4 is 10.6 Å². The Morgan fingerprint density at radius 1 is 1.17 bits per heavy atom. The molecule has 1 unspecified atom stereocenters. The van der Waals surface area contributed by atoms with Crippen molar-refractivity contribution in [2.24, 2.45) is 0 Å². The summed E-state index contributed by atoms with van der Waals surface area (Å²) in [6, 6.07) is 4.55. The van der Waals surface area contributed by atoms with Crippen LogP contribution >= 0.6 is 11.3 Å². The zero-order valence-corrected chi connectivity index (χ0v) is 11.9. The summed E-state index contributed by atoms with van der Waals surface area (Å²) in [6.07, 6.45) is 1.58. The molecule has 2 heterocycles. The molecule has 0 radical (unpaired) electrons. The molecule has 2 rings (SSSR count). The van der Waals surface area contributed by atoms with Gasteiger partial charge >= 0.3 is 0 Å². The number of hydrogen-bond donors (Lipinski definition) is 2. The first-order chi connectivity index (χ1) is 8.61. The van der Waals surface area contributed by atoms with Crippen LogP contribution in [0.3, 0.4) is 0 Å². The van der Waals surface area contributed by atoms with Crippen LogP contribution in [0.2, 0.25) is 0 Å². The number of nitrogens with one attached hydrogen (secondary N) is 2. The van der Waals surface area contributed by atoms with Crippen molar-refractivity contribution in [2.45, 2.75) is 26.8 Å². The van der Waals surface area contributed by atoms with Crippen LogP contribution in [0.4, 0.5) is 11.6 Å². The fraction of sp³-hybridized carbons (Fsp3) is 0.385. The molecule has 0 aromatic carbocycles. The van der Waals surface area contributed by atoms with Crippen molar-refractivity contribution < 1.29 is 0 Å². The van der Waals surface area contributed by atoms with Gasteiger partial charge in [-0.25, -0.2) is 9.97 Å². The molecule has 2 aromatic rings. The highest BCUT2D eigenvalue weighted by molar-refractivity contribution is 7.12. The maximum absolute atomic E-state index is 4.30. The van der Waals surface area contributed by atoms with Crippen molar-refractivity contribution in [1.29, 1.82) is 0 Å². The number of aryl methyl sites for hydroxylation is 1. The molecular formula is C13H18N4S. The molecule has 0 aliphatic carbocycles. The van der Waals surface area contributed by atoms with Gasteiger partial charge in [-0.2, -0.15) is 0 Å². The van der Waals surface area contributed by atoms with E-state index in [0.29, 0.717) is 0 Å². The third kappa shape index (κ3) is 2.61. The summed E-state index contributed by atoms with van der Waals surface area (Å²) in [5.41, 5.74) is 1.04. The van der Waals surface area contributed by atoms with E-state index in [1.807, 2.05) is 25.3 Å². The summed E-state index contributed by atoms with van der Waals surface area (Å²) in [5.74, 6) is 1.75. The molecule has 0 bridgehead atoms. The fourth-order valence-corrected chi connectivity index (χ4v) is 2.69. The van der Waals surface area contributed by atoms with Gasteiger partial charge in [0.25, 0.3) is 0 Å². The average molecular weight is 262 g/mol. The molecule has 4 nitrogen and oxygen atoms in total. The number of aromatic nitrogens is 2. The van der Waals surface area contributed by atoms with E-state index in [1.54, 1.807) is 6.33 Å². The largest absolute Gasteiger partial charge is 0.373 e. The monoisotopic (exact) mass is 262 g/mol. The van der Waals surface area contributed by atoms with E-state index in [-0.39, 0.29) is 6.04 Å². The van der Waals surface area contributed by atoms with Gasteiger partial charge in [0, 0.05) is 22.4 Å². The van der Waals surface area contributed by atoms with Gasteiger partial charge in [-0.15, -0.1) is 11.3 Å². The quantitative estimate of drug-likeness (QED) is 0.887. The topological polar surface area (TPSA) is 49.8 Å². The second kappa shape index (κ2) is 5.35. The number of hydrogen-bond acceptors (Lipinski definition) is 5. The lowest BCUT2D eigenvalue weighted by molar-refractivity contribution is 0.889. The zero-order valence-electron chi connectivity index (χ0n) is 11.1. The fourth-order valence-electron chi connectivity index (χ4n) is 1.81. The van der Waals surface area contributed by atoms with Crippen molar-refractivity contribution >= 4 is 23.0 Å². The summed E-state index contributed by atoms with van der Waals surface area (Å²) >= 11 is 1.81. The van der Waals surface area contributed by atoms with Crippen molar-refractivity contribution in [2.75, 3.05) is 17.7 Å². The van der Waals surface area contributed by atoms with Gasteiger partial charge in [0.15, 0.2) is 0 Å². The molecule has 18 heavy (non-hydrogen) atoms. The van der Waals surface area contributed by atoms with Gasteiger partial charge in [0.05, 0.1) is 6.04 Å². The first-order valence-electron chi connectivity index (χ1n) is 5.94. The lowest BCUT2D eigenvalue weighted by Crippen LogP contribution is -2.09. The van der Waals surface area contributed by atoms with Crippen LogP contribution in [0.25, 0.3) is 0 Å². The number of rotatable bonds is 4. The van der Waals surface area contributed by atoms with Crippen LogP contribution in [-0.2, 0) is 0 Å². The highest BCUT2D eigenvalue weighted by Crippen LogP contribution is 2.27. The smallest absolute Gasteiger partial charge is 0.134 e. The Morgan fingerprint density at radius 2 is 1.89 bits per heavy atom. The van der Waals surface area contributed by atoms with Crippen LogP contribution in [0.1, 0.15) is 28.3 Å². The highest BCUT2D eigenvalue weighted by Gasteiger charge is 2.11. The minimum Gasteiger partial charge on any atom is -0.373 e. The van der Waals surface area contributed by atoms with E-state index in [4.69, 9.17) is 0 Å². The lowest BCUT2D eigenvalue weighted by Gasteiger charge is -2.15. The summed E-state index contributed by atoms with van der Waals surface area (Å²) in [5, 5.41) is 6.50. The van der Waals surface area contributed by atoms with Crippen molar-refractivity contribution in [3.05, 3.63) is 33.8 Å². The van der Waals surface area contributed by atoms with Gasteiger partial charge in [-0.3, -0.25) is 0 Å². The normalized spacial score (nSPS) is 12.2. The molecule has 0 saturated carbocycles. The maximum atomic E-state index is 4.30. The summed E-state index contributed by atoms with van der Waals surface area (Å²) in [6.45, 7) is 6.28. The van der Waals surface area contributed by atoms with Gasteiger partial charge in [0.1, 0.15) is 18.0 Å². The number of anilines is 2. The standard InChI is InChI=1S/C13H18N4S/c1-8-5-6-11(18-8)10(3)17-13-9(2)12(14-4)15-7-16-13/h5-7,10H,1-4H3,(H2,14,15,16,17). The first-order valence-corrected chi connectivity index (χ1v) is 6.75. The van der Waals surface area contributed by atoms with Crippen molar-refractivity contribution in [3.8, 4) is 0 Å². The minimum absolute atomic E-state index is 0.252. The van der Waals surface area contributed by atoms with Crippen LogP contribution in [-0.4, -0.2) is 17.0 Å². The van der Waals surface area contributed by atoms with Crippen molar-refractivity contribution in [3.63, 3.8) is 0 Å². The van der Waals surface area contributed by atoms with E-state index >= 15 is 0 Å². The first kappa shape index (κ1) is 12.8. The van der Waals surface area contributed by atoms with E-state index in [2.05, 4.69) is 46.6 Å². The average Bonchev–Trinajstić information content (AvgIpc) is 2.78. The van der Waals surface area contributed by atoms with Gasteiger partial charge in [-0.1, -0.05) is 0 Å². The zero-order chi connectivity index (χ0) is 13.1. The summed E-state index contributed by atoms with van der Waals surface area (Å²) in [7, 11) is 1.87. The van der Waals surface area contributed by atoms with Crippen LogP contribution in [0, 0.1) is 13.8 Å². The third-order valence-corrected chi connectivity index (χ3v) is 4.05. The highest BCUT2D eigenvalue weighted by atomic mass is 32.1. The Labute approximate surface area is 111 Å². The molecule has 0 amide bonds. The molecule has 1 atom stereocenters. The van der Waals surface area contributed by atoms with Crippen molar-refractivity contribution in [1.82, 2.24) is 9.97 Å². The number of nitrogens with zero attached hydrogens (tertiary/aromatic N) is 2. The van der Waals surface area contributed by atoms with Gasteiger partial charge in [-0.05, 0) is 32.9 Å². The van der Waals surface area contributed by atoms with Gasteiger partial charge in [0.2, 0.25) is 0 Å². The lowest BCUT2D eigenvalue weighted by atomic mass is 10.2. The predicted molar refractivity (Wildman–Crippen MR) is 77.4 cm³/mol. The van der Waals surface area contributed by atoms with E-state index in [9.17, 15) is 0 Å². The molecule has 0 saturated heterocycles. The molecule has 0 aliphatic rings. The third-order valence-electron chi connectivity index (χ3n) is 2.86. The van der Waals surface area contributed by atoms with Gasteiger partial charge < -0.3 is 10.6 Å². The Bertz CT molecular complexity index is 536. The SMILES string of the molecule is CNc1ncnc(NC(C)c2ccc(C)s2)c1C. The second-order valence-corrected chi connectivity index (χ2v) is 5.58. The summed E-state index contributed by atoms with van der Waals surface area (Å²) in [4.78, 5) is 11.1. The molecular weight excluding hydrogens is 244 g/mol. The maximum Gasteiger partial charge on any atom is 0.134 e. The molecule has 0 aliphatic heterocycles. The second-order valence-electron chi connectivity index (χ2n) is 4.26. The van der Waals surface area contributed by atoms with Crippen LogP contribution in [0.5, 0.6) is 0 Å². The minimum atomic E-state index is 0.252. The molecule has 0 spiro atoms. The Hall–Kier alpha value is -1.62. The Balaban J connectivity index is 2.19. The molecule has 2 N–H and O–H groups in total. The van der Waals surface area contributed by atoms with E-state index in [1.165, 1.54) is 9.75 Å². The molecule has 96 valence electrons. The predicted octanol–water partition coefficient (Wildman–Crippen LogP) is 3.37. The van der Waals surface area contributed by atoms with E-state index in [0.717, 1.165) is 17.2 Å². The Kier molecular flexibility index (Phi) is 3.81. The molecule has 5 heteroatoms. The number of thiophene rings is 1. The molecule has 0 fully saturated rings. The van der Waals surface area contributed by atoms with E-state index < -0.39 is 0 Å². The van der Waals surface area contributed by atoms with Crippen LogP contribution in [0.15, 0.2) is 18.5 Å². The summed E-state index contributed by atoms with van der Waals surface area (Å²) < 4.78 is 0. The Morgan fingerprint density at radius 3 is 2.50 bits per heavy atom.